The molecule has 0 aliphatic carbocycles. The summed E-state index contributed by atoms with van der Waals surface area (Å²) in [5.74, 6) is -1.09. The van der Waals surface area contributed by atoms with E-state index in [9.17, 15) is 9.59 Å². The predicted octanol–water partition coefficient (Wildman–Crippen LogP) is 0.515. The van der Waals surface area contributed by atoms with Crippen molar-refractivity contribution in [3.8, 4) is 0 Å². The van der Waals surface area contributed by atoms with E-state index in [-0.39, 0.29) is 24.9 Å². The lowest BCUT2D eigenvalue weighted by atomic mass is 10.0. The van der Waals surface area contributed by atoms with Gasteiger partial charge >= 0.3 is 5.97 Å². The first-order valence-corrected chi connectivity index (χ1v) is 6.74. The fourth-order valence-corrected chi connectivity index (χ4v) is 2.14. The fraction of sp³-hybridized carbons (Fsp3) is 0.846. The normalized spacial score (nSPS) is 17.2. The molecule has 6 heteroatoms. The van der Waals surface area contributed by atoms with Crippen molar-refractivity contribution in [3.63, 3.8) is 0 Å². The van der Waals surface area contributed by atoms with Gasteiger partial charge in [-0.3, -0.25) is 9.59 Å². The van der Waals surface area contributed by atoms with E-state index < -0.39 is 11.5 Å². The van der Waals surface area contributed by atoms with Crippen molar-refractivity contribution in [2.24, 2.45) is 0 Å². The molecule has 0 aromatic heterocycles. The number of carbonyl (C=O) groups is 2. The van der Waals surface area contributed by atoms with Gasteiger partial charge in [0, 0.05) is 12.0 Å². The van der Waals surface area contributed by atoms with Crippen LogP contribution >= 0.6 is 0 Å². The molecule has 0 unspecified atom stereocenters. The van der Waals surface area contributed by atoms with Crippen LogP contribution in [-0.2, 0) is 14.3 Å². The van der Waals surface area contributed by atoms with E-state index in [0.29, 0.717) is 6.61 Å². The lowest BCUT2D eigenvalue weighted by Gasteiger charge is -2.25. The SMILES string of the molecule is CC(C)(CC(=O)O)NC(=O)CCOC1CCNCC1. The first kappa shape index (κ1) is 15.9. The zero-order chi connectivity index (χ0) is 14.3. The standard InChI is InChI=1S/C13H24N2O4/c1-13(2,9-12(17)18)15-11(16)5-8-19-10-3-6-14-7-4-10/h10,14H,3-9H2,1-2H3,(H,15,16)(H,17,18). The number of hydrogen-bond donors (Lipinski definition) is 3. The van der Waals surface area contributed by atoms with E-state index in [1.807, 2.05) is 0 Å². The molecule has 1 aliphatic heterocycles. The van der Waals surface area contributed by atoms with Gasteiger partial charge in [0.2, 0.25) is 5.91 Å². The van der Waals surface area contributed by atoms with Gasteiger partial charge in [-0.15, -0.1) is 0 Å². The molecule has 19 heavy (non-hydrogen) atoms. The molecule has 0 saturated carbocycles. The summed E-state index contributed by atoms with van der Waals surface area (Å²) in [4.78, 5) is 22.3. The number of rotatable bonds is 7. The number of carboxylic acid groups (broad SMARTS) is 1. The molecule has 1 rings (SSSR count). The Morgan fingerprint density at radius 1 is 1.37 bits per heavy atom. The first-order valence-electron chi connectivity index (χ1n) is 6.74. The topological polar surface area (TPSA) is 87.7 Å². The molecule has 6 nitrogen and oxygen atoms in total. The number of amides is 1. The molecular weight excluding hydrogens is 248 g/mol. The Morgan fingerprint density at radius 2 is 2.00 bits per heavy atom. The largest absolute Gasteiger partial charge is 0.481 e. The van der Waals surface area contributed by atoms with Crippen molar-refractivity contribution in [2.75, 3.05) is 19.7 Å². The number of carboxylic acids is 1. The molecule has 0 bridgehead atoms. The van der Waals surface area contributed by atoms with Crippen molar-refractivity contribution in [1.82, 2.24) is 10.6 Å². The van der Waals surface area contributed by atoms with Gasteiger partial charge in [-0.2, -0.15) is 0 Å². The second-order valence-electron chi connectivity index (χ2n) is 5.57. The van der Waals surface area contributed by atoms with Crippen molar-refractivity contribution in [2.45, 2.75) is 51.2 Å². The van der Waals surface area contributed by atoms with E-state index in [2.05, 4.69) is 10.6 Å². The molecule has 1 amide bonds. The van der Waals surface area contributed by atoms with Crippen LogP contribution in [0, 0.1) is 0 Å². The van der Waals surface area contributed by atoms with Crippen LogP contribution in [-0.4, -0.2) is 48.3 Å². The highest BCUT2D eigenvalue weighted by atomic mass is 16.5. The van der Waals surface area contributed by atoms with E-state index in [1.54, 1.807) is 13.8 Å². The second-order valence-corrected chi connectivity index (χ2v) is 5.57. The minimum Gasteiger partial charge on any atom is -0.481 e. The zero-order valence-electron chi connectivity index (χ0n) is 11.7. The molecular formula is C13H24N2O4. The Morgan fingerprint density at radius 3 is 2.58 bits per heavy atom. The molecule has 0 atom stereocenters. The molecule has 0 aromatic carbocycles. The second kappa shape index (κ2) is 7.45. The third-order valence-electron chi connectivity index (χ3n) is 3.04. The molecule has 1 heterocycles. The maximum atomic E-state index is 11.7. The average molecular weight is 272 g/mol. The molecule has 1 fully saturated rings. The summed E-state index contributed by atoms with van der Waals surface area (Å²) in [5, 5.41) is 14.7. The Bertz CT molecular complexity index is 312. The van der Waals surface area contributed by atoms with E-state index in [0.717, 1.165) is 25.9 Å². The summed E-state index contributed by atoms with van der Waals surface area (Å²) in [6.07, 6.45) is 2.38. The molecule has 1 aliphatic rings. The number of ether oxygens (including phenoxy) is 1. The molecule has 0 aromatic rings. The zero-order valence-corrected chi connectivity index (χ0v) is 11.7. The van der Waals surface area contributed by atoms with Crippen LogP contribution in [0.15, 0.2) is 0 Å². The monoisotopic (exact) mass is 272 g/mol. The maximum absolute atomic E-state index is 11.7. The van der Waals surface area contributed by atoms with Crippen molar-refractivity contribution < 1.29 is 19.4 Å². The van der Waals surface area contributed by atoms with Crippen molar-refractivity contribution >= 4 is 11.9 Å². The molecule has 1 saturated heterocycles. The molecule has 0 spiro atoms. The van der Waals surface area contributed by atoms with Crippen LogP contribution in [0.4, 0.5) is 0 Å². The highest BCUT2D eigenvalue weighted by Gasteiger charge is 2.23. The summed E-state index contributed by atoms with van der Waals surface area (Å²) < 4.78 is 5.63. The summed E-state index contributed by atoms with van der Waals surface area (Å²) in [5.41, 5.74) is -0.725. The third kappa shape index (κ3) is 7.12. The van der Waals surface area contributed by atoms with Crippen LogP contribution in [0.1, 0.15) is 39.5 Å². The van der Waals surface area contributed by atoms with Crippen molar-refractivity contribution in [3.05, 3.63) is 0 Å². The van der Waals surface area contributed by atoms with Crippen LogP contribution in [0.25, 0.3) is 0 Å². The number of nitrogens with one attached hydrogen (secondary N) is 2. The van der Waals surface area contributed by atoms with E-state index >= 15 is 0 Å². The van der Waals surface area contributed by atoms with Gasteiger partial charge in [-0.25, -0.2) is 0 Å². The lowest BCUT2D eigenvalue weighted by Crippen LogP contribution is -2.45. The minimum atomic E-state index is -0.920. The van der Waals surface area contributed by atoms with Gasteiger partial charge in [0.05, 0.1) is 19.1 Å². The smallest absolute Gasteiger partial charge is 0.305 e. The van der Waals surface area contributed by atoms with Gasteiger partial charge in [0.25, 0.3) is 0 Å². The number of hydrogen-bond acceptors (Lipinski definition) is 4. The molecule has 0 radical (unpaired) electrons. The molecule has 3 N–H and O–H groups in total. The highest BCUT2D eigenvalue weighted by Crippen LogP contribution is 2.10. The van der Waals surface area contributed by atoms with Crippen LogP contribution in [0.2, 0.25) is 0 Å². The van der Waals surface area contributed by atoms with E-state index in [4.69, 9.17) is 9.84 Å². The highest BCUT2D eigenvalue weighted by molar-refractivity contribution is 5.78. The first-order chi connectivity index (χ1) is 8.89. The Balaban J connectivity index is 2.18. The number of aliphatic carboxylic acids is 1. The summed E-state index contributed by atoms with van der Waals surface area (Å²) >= 11 is 0. The van der Waals surface area contributed by atoms with Gasteiger partial charge in [-0.1, -0.05) is 0 Å². The summed E-state index contributed by atoms with van der Waals surface area (Å²) in [6, 6.07) is 0. The Hall–Kier alpha value is -1.14. The van der Waals surface area contributed by atoms with Gasteiger partial charge in [0.15, 0.2) is 0 Å². The fourth-order valence-electron chi connectivity index (χ4n) is 2.14. The van der Waals surface area contributed by atoms with Crippen LogP contribution in [0.3, 0.4) is 0 Å². The average Bonchev–Trinajstić information content (AvgIpc) is 2.27. The quantitative estimate of drug-likeness (QED) is 0.628. The predicted molar refractivity (Wildman–Crippen MR) is 70.9 cm³/mol. The summed E-state index contributed by atoms with van der Waals surface area (Å²) in [6.45, 7) is 5.71. The number of carbonyl (C=O) groups excluding carboxylic acids is 1. The van der Waals surface area contributed by atoms with Crippen molar-refractivity contribution in [1.29, 1.82) is 0 Å². The number of piperidine rings is 1. The Labute approximate surface area is 113 Å². The minimum absolute atomic E-state index is 0.0894. The maximum Gasteiger partial charge on any atom is 0.305 e. The third-order valence-corrected chi connectivity index (χ3v) is 3.04. The lowest BCUT2D eigenvalue weighted by molar-refractivity contribution is -0.138. The summed E-state index contributed by atoms with van der Waals surface area (Å²) in [7, 11) is 0. The van der Waals surface area contributed by atoms with Gasteiger partial charge in [0.1, 0.15) is 0 Å². The Kier molecular flexibility index (Phi) is 6.24. The van der Waals surface area contributed by atoms with E-state index in [1.165, 1.54) is 0 Å². The van der Waals surface area contributed by atoms with Crippen LogP contribution < -0.4 is 10.6 Å². The molecule has 110 valence electrons. The van der Waals surface area contributed by atoms with Gasteiger partial charge < -0.3 is 20.5 Å². The van der Waals surface area contributed by atoms with Gasteiger partial charge in [-0.05, 0) is 39.8 Å². The van der Waals surface area contributed by atoms with Crippen LogP contribution in [0.5, 0.6) is 0 Å².